The molecule has 0 bridgehead atoms. The first-order valence-electron chi connectivity index (χ1n) is 3.18. The lowest BCUT2D eigenvalue weighted by atomic mass is 10.5. The van der Waals surface area contributed by atoms with E-state index >= 15 is 0 Å². The normalized spacial score (nSPS) is 7.89. The highest BCUT2D eigenvalue weighted by Gasteiger charge is 1.88. The molecule has 0 N–H and O–H groups in total. The molecule has 0 aliphatic carbocycles. The Morgan fingerprint density at radius 1 is 1.56 bits per heavy atom. The van der Waals surface area contributed by atoms with Crippen LogP contribution in [0.15, 0.2) is 10.9 Å². The van der Waals surface area contributed by atoms with Gasteiger partial charge in [0, 0.05) is 6.42 Å². The predicted octanol–water partition coefficient (Wildman–Crippen LogP) is 1.66. The SMILES string of the molecule is CC.CCc1ncon1. The van der Waals surface area contributed by atoms with Gasteiger partial charge in [-0.2, -0.15) is 4.98 Å². The molecule has 0 unspecified atom stereocenters. The molecule has 1 aromatic rings. The van der Waals surface area contributed by atoms with E-state index < -0.39 is 0 Å². The molecule has 0 aromatic carbocycles. The van der Waals surface area contributed by atoms with Crippen LogP contribution in [0.3, 0.4) is 0 Å². The van der Waals surface area contributed by atoms with Crippen molar-refractivity contribution in [2.75, 3.05) is 0 Å². The lowest BCUT2D eigenvalue weighted by Gasteiger charge is -1.72. The van der Waals surface area contributed by atoms with Crippen molar-refractivity contribution in [3.8, 4) is 0 Å². The Hall–Kier alpha value is -0.860. The molecular weight excluding hydrogens is 116 g/mol. The van der Waals surface area contributed by atoms with Gasteiger partial charge >= 0.3 is 0 Å². The average Bonchev–Trinajstić information content (AvgIpc) is 2.43. The van der Waals surface area contributed by atoms with Gasteiger partial charge in [0.1, 0.15) is 0 Å². The summed E-state index contributed by atoms with van der Waals surface area (Å²) in [7, 11) is 0. The van der Waals surface area contributed by atoms with Crippen molar-refractivity contribution in [1.82, 2.24) is 10.1 Å². The highest BCUT2D eigenvalue weighted by atomic mass is 16.5. The van der Waals surface area contributed by atoms with Crippen LogP contribution in [0.5, 0.6) is 0 Å². The topological polar surface area (TPSA) is 38.9 Å². The maximum Gasteiger partial charge on any atom is 0.213 e. The monoisotopic (exact) mass is 128 g/mol. The summed E-state index contributed by atoms with van der Waals surface area (Å²) >= 11 is 0. The van der Waals surface area contributed by atoms with Crippen molar-refractivity contribution in [2.45, 2.75) is 27.2 Å². The van der Waals surface area contributed by atoms with Crippen LogP contribution in [0.2, 0.25) is 0 Å². The number of hydrogen-bond acceptors (Lipinski definition) is 3. The van der Waals surface area contributed by atoms with E-state index in [9.17, 15) is 0 Å². The second-order valence-corrected chi connectivity index (χ2v) is 1.20. The molecule has 0 amide bonds. The van der Waals surface area contributed by atoms with Crippen molar-refractivity contribution >= 4 is 0 Å². The number of aryl methyl sites for hydroxylation is 1. The zero-order valence-corrected chi connectivity index (χ0v) is 6.09. The van der Waals surface area contributed by atoms with Crippen LogP contribution < -0.4 is 0 Å². The Morgan fingerprint density at radius 2 is 2.22 bits per heavy atom. The molecule has 0 aliphatic rings. The van der Waals surface area contributed by atoms with Gasteiger partial charge in [0.25, 0.3) is 0 Å². The minimum absolute atomic E-state index is 0.764. The summed E-state index contributed by atoms with van der Waals surface area (Å²) in [5.41, 5.74) is 0. The van der Waals surface area contributed by atoms with E-state index in [1.807, 2.05) is 20.8 Å². The lowest BCUT2D eigenvalue weighted by Crippen LogP contribution is -1.78. The Bertz CT molecular complexity index is 126. The van der Waals surface area contributed by atoms with E-state index in [2.05, 4.69) is 14.7 Å². The molecule has 0 radical (unpaired) electrons. The van der Waals surface area contributed by atoms with E-state index in [4.69, 9.17) is 0 Å². The molecule has 1 heterocycles. The quantitative estimate of drug-likeness (QED) is 0.577. The standard InChI is InChI=1S/C4H6N2O.C2H6/c1-2-4-5-3-7-6-4;1-2/h3H,2H2,1H3;1-2H3. The molecule has 1 aromatic heterocycles. The van der Waals surface area contributed by atoms with Crippen molar-refractivity contribution in [3.05, 3.63) is 12.2 Å². The fourth-order valence-electron chi connectivity index (χ4n) is 0.348. The van der Waals surface area contributed by atoms with E-state index in [0.29, 0.717) is 0 Å². The Labute approximate surface area is 55.1 Å². The van der Waals surface area contributed by atoms with Gasteiger partial charge in [0.2, 0.25) is 6.39 Å². The Kier molecular flexibility index (Phi) is 4.78. The predicted molar refractivity (Wildman–Crippen MR) is 35.0 cm³/mol. The van der Waals surface area contributed by atoms with Gasteiger partial charge in [0.15, 0.2) is 5.82 Å². The van der Waals surface area contributed by atoms with Crippen LogP contribution in [0.4, 0.5) is 0 Å². The van der Waals surface area contributed by atoms with Gasteiger partial charge in [-0.25, -0.2) is 0 Å². The largest absolute Gasteiger partial charge is 0.343 e. The van der Waals surface area contributed by atoms with Gasteiger partial charge < -0.3 is 4.52 Å². The summed E-state index contributed by atoms with van der Waals surface area (Å²) in [6.07, 6.45) is 2.18. The minimum Gasteiger partial charge on any atom is -0.343 e. The zero-order chi connectivity index (χ0) is 7.11. The van der Waals surface area contributed by atoms with Gasteiger partial charge in [-0.15, -0.1) is 0 Å². The van der Waals surface area contributed by atoms with E-state index in [1.54, 1.807) is 0 Å². The second kappa shape index (κ2) is 5.28. The summed E-state index contributed by atoms with van der Waals surface area (Å²) in [6, 6.07) is 0. The van der Waals surface area contributed by atoms with E-state index in [1.165, 1.54) is 6.39 Å². The third-order valence-corrected chi connectivity index (χ3v) is 0.723. The summed E-state index contributed by atoms with van der Waals surface area (Å²) < 4.78 is 4.44. The smallest absolute Gasteiger partial charge is 0.213 e. The van der Waals surface area contributed by atoms with Crippen LogP contribution in [-0.2, 0) is 6.42 Å². The molecule has 0 saturated heterocycles. The number of rotatable bonds is 1. The molecule has 0 saturated carbocycles. The Morgan fingerprint density at radius 3 is 2.44 bits per heavy atom. The number of hydrogen-bond donors (Lipinski definition) is 0. The summed E-state index contributed by atoms with van der Waals surface area (Å²) in [5, 5.41) is 3.55. The highest BCUT2D eigenvalue weighted by molar-refractivity contribution is 4.73. The molecule has 3 heteroatoms. The molecule has 3 nitrogen and oxygen atoms in total. The van der Waals surface area contributed by atoms with Crippen LogP contribution in [0.1, 0.15) is 26.6 Å². The van der Waals surface area contributed by atoms with Gasteiger partial charge in [-0.1, -0.05) is 25.9 Å². The fourth-order valence-corrected chi connectivity index (χ4v) is 0.348. The molecule has 52 valence electrons. The van der Waals surface area contributed by atoms with Gasteiger partial charge in [0.05, 0.1) is 0 Å². The zero-order valence-electron chi connectivity index (χ0n) is 6.09. The molecule has 1 rings (SSSR count). The maximum atomic E-state index is 4.44. The first kappa shape index (κ1) is 8.14. The molecule has 0 atom stereocenters. The van der Waals surface area contributed by atoms with Crippen molar-refractivity contribution in [3.63, 3.8) is 0 Å². The molecular formula is C6H12N2O. The summed E-state index contributed by atoms with van der Waals surface area (Å²) in [4.78, 5) is 3.76. The third kappa shape index (κ3) is 2.85. The van der Waals surface area contributed by atoms with Crippen molar-refractivity contribution < 1.29 is 4.52 Å². The summed E-state index contributed by atoms with van der Waals surface area (Å²) in [5.74, 6) is 0.764. The molecule has 0 aliphatic heterocycles. The van der Waals surface area contributed by atoms with Crippen LogP contribution in [-0.4, -0.2) is 10.1 Å². The van der Waals surface area contributed by atoms with Crippen LogP contribution >= 0.6 is 0 Å². The molecule has 0 spiro atoms. The average molecular weight is 128 g/mol. The second-order valence-electron chi connectivity index (χ2n) is 1.20. The van der Waals surface area contributed by atoms with Crippen molar-refractivity contribution in [1.29, 1.82) is 0 Å². The van der Waals surface area contributed by atoms with E-state index in [0.717, 1.165) is 12.2 Å². The van der Waals surface area contributed by atoms with Gasteiger partial charge in [-0.05, 0) is 0 Å². The van der Waals surface area contributed by atoms with Crippen LogP contribution in [0.25, 0.3) is 0 Å². The highest BCUT2D eigenvalue weighted by Crippen LogP contribution is 1.85. The first-order chi connectivity index (χ1) is 4.43. The van der Waals surface area contributed by atoms with Crippen LogP contribution in [0, 0.1) is 0 Å². The first-order valence-corrected chi connectivity index (χ1v) is 3.18. The molecule has 0 fully saturated rings. The lowest BCUT2D eigenvalue weighted by molar-refractivity contribution is 0.410. The van der Waals surface area contributed by atoms with Gasteiger partial charge in [-0.3, -0.25) is 0 Å². The fraction of sp³-hybridized carbons (Fsp3) is 0.667. The summed E-state index contributed by atoms with van der Waals surface area (Å²) in [6.45, 7) is 5.98. The Balaban J connectivity index is 0.000000291. The number of nitrogens with zero attached hydrogens (tertiary/aromatic N) is 2. The number of aromatic nitrogens is 2. The maximum absolute atomic E-state index is 4.44. The van der Waals surface area contributed by atoms with E-state index in [-0.39, 0.29) is 0 Å². The van der Waals surface area contributed by atoms with Crippen molar-refractivity contribution in [2.24, 2.45) is 0 Å². The molecule has 9 heavy (non-hydrogen) atoms. The third-order valence-electron chi connectivity index (χ3n) is 0.723. The minimum atomic E-state index is 0.764.